The van der Waals surface area contributed by atoms with Crippen molar-refractivity contribution < 1.29 is 41.0 Å². The molecule has 0 saturated carbocycles. The summed E-state index contributed by atoms with van der Waals surface area (Å²) in [7, 11) is 2.06. The van der Waals surface area contributed by atoms with Gasteiger partial charge in [0.2, 0.25) is 5.82 Å². The van der Waals surface area contributed by atoms with Crippen LogP contribution in [0.5, 0.6) is 5.75 Å². The second-order valence-corrected chi connectivity index (χ2v) is 7.25. The van der Waals surface area contributed by atoms with Crippen LogP contribution in [0.25, 0.3) is 0 Å². The van der Waals surface area contributed by atoms with Crippen molar-refractivity contribution in [1.29, 1.82) is 0 Å². The van der Waals surface area contributed by atoms with Crippen LogP contribution >= 0.6 is 22.6 Å². The third-order valence-corrected chi connectivity index (χ3v) is 5.60. The van der Waals surface area contributed by atoms with E-state index in [1.54, 1.807) is 0 Å². The topological polar surface area (TPSA) is 44.8 Å². The van der Waals surface area contributed by atoms with Crippen molar-refractivity contribution >= 4 is 28.6 Å². The minimum Gasteiger partial charge on any atom is -0.493 e. The smallest absolute Gasteiger partial charge is 0.417 e. The minimum absolute atomic E-state index is 0.0910. The summed E-state index contributed by atoms with van der Waals surface area (Å²) in [6.07, 6.45) is -6.46. The summed E-state index contributed by atoms with van der Waals surface area (Å²) < 4.78 is 83.2. The van der Waals surface area contributed by atoms with Gasteiger partial charge in [0.1, 0.15) is 0 Å². The molecule has 0 spiro atoms. The zero-order valence-electron chi connectivity index (χ0n) is 14.2. The number of hydrogen-bond acceptors (Lipinski definition) is 4. The summed E-state index contributed by atoms with van der Waals surface area (Å²) in [5.74, 6) is -6.70. The molecule has 146 valence electrons. The molecule has 10 heteroatoms. The van der Waals surface area contributed by atoms with Crippen molar-refractivity contribution in [2.24, 2.45) is 5.92 Å². The van der Waals surface area contributed by atoms with Crippen LogP contribution in [0.3, 0.4) is 0 Å². The van der Waals surface area contributed by atoms with Gasteiger partial charge >= 0.3 is 12.1 Å². The highest BCUT2D eigenvalue weighted by Crippen LogP contribution is 2.55. The maximum Gasteiger partial charge on any atom is 0.417 e. The van der Waals surface area contributed by atoms with Crippen LogP contribution in [0.15, 0.2) is 6.07 Å². The molecule has 0 radical (unpaired) electrons. The number of carbonyl (C=O) groups excluding carboxylic acids is 1. The van der Waals surface area contributed by atoms with Gasteiger partial charge in [0.25, 0.3) is 0 Å². The summed E-state index contributed by atoms with van der Waals surface area (Å²) in [4.78, 5) is 12.1. The molecule has 0 aliphatic carbocycles. The number of methoxy groups -OCH3 is 2. The van der Waals surface area contributed by atoms with Crippen molar-refractivity contribution in [3.05, 3.63) is 26.8 Å². The van der Waals surface area contributed by atoms with Gasteiger partial charge in [-0.2, -0.15) is 17.6 Å². The Morgan fingerprint density at radius 3 is 2.31 bits per heavy atom. The van der Waals surface area contributed by atoms with Crippen LogP contribution in [-0.2, 0) is 14.3 Å². The number of esters is 1. The summed E-state index contributed by atoms with van der Waals surface area (Å²) in [5, 5.41) is 0. The molecule has 0 N–H and O–H groups in total. The first-order valence-electron chi connectivity index (χ1n) is 7.44. The van der Waals surface area contributed by atoms with E-state index in [9.17, 15) is 26.7 Å². The van der Waals surface area contributed by atoms with Crippen molar-refractivity contribution in [3.8, 4) is 5.75 Å². The summed E-state index contributed by atoms with van der Waals surface area (Å²) >= 11 is 1.51. The van der Waals surface area contributed by atoms with E-state index in [2.05, 4.69) is 4.74 Å². The van der Waals surface area contributed by atoms with Crippen molar-refractivity contribution in [2.75, 3.05) is 14.2 Å². The second kappa shape index (κ2) is 7.10. The number of carbonyl (C=O) groups is 1. The molecule has 1 aliphatic rings. The van der Waals surface area contributed by atoms with Crippen LogP contribution in [-0.4, -0.2) is 38.1 Å². The van der Waals surface area contributed by atoms with E-state index in [0.29, 0.717) is 0 Å². The Morgan fingerprint density at radius 1 is 1.27 bits per heavy atom. The van der Waals surface area contributed by atoms with Gasteiger partial charge in [0.15, 0.2) is 23.3 Å². The fraction of sp³-hybridized carbons (Fsp3) is 0.562. The first-order chi connectivity index (χ1) is 11.9. The SMILES string of the molecule is COC(=O)[C@H]1O[C@@](C)(C(F)(F)F)[C@@H](C)[C@H]1c1cc(I)c(F)c(F)c1OC. The van der Waals surface area contributed by atoms with E-state index < -0.39 is 53.1 Å². The summed E-state index contributed by atoms with van der Waals surface area (Å²) in [6, 6.07) is 1.15. The molecule has 26 heavy (non-hydrogen) atoms. The first-order valence-corrected chi connectivity index (χ1v) is 8.52. The first kappa shape index (κ1) is 21.1. The van der Waals surface area contributed by atoms with E-state index in [4.69, 9.17) is 9.47 Å². The highest BCUT2D eigenvalue weighted by molar-refractivity contribution is 14.1. The molecule has 4 atom stereocenters. The average molecular weight is 494 g/mol. The Labute approximate surface area is 160 Å². The molecule has 1 fully saturated rings. The quantitative estimate of drug-likeness (QED) is 0.274. The number of ether oxygens (including phenoxy) is 3. The Hall–Kier alpha value is -1.17. The summed E-state index contributed by atoms with van der Waals surface area (Å²) in [6.45, 7) is 2.04. The van der Waals surface area contributed by atoms with Crippen molar-refractivity contribution in [1.82, 2.24) is 0 Å². The van der Waals surface area contributed by atoms with E-state index in [-0.39, 0.29) is 9.13 Å². The Bertz CT molecular complexity index is 724. The van der Waals surface area contributed by atoms with Gasteiger partial charge in [-0.1, -0.05) is 6.92 Å². The van der Waals surface area contributed by atoms with Gasteiger partial charge in [-0.05, 0) is 35.6 Å². The Kier molecular flexibility index (Phi) is 5.77. The molecule has 0 unspecified atom stereocenters. The minimum atomic E-state index is -4.80. The van der Waals surface area contributed by atoms with Gasteiger partial charge in [-0.3, -0.25) is 0 Å². The van der Waals surface area contributed by atoms with E-state index in [1.165, 1.54) is 29.5 Å². The number of rotatable bonds is 3. The molecule has 1 aliphatic heterocycles. The maximum atomic E-state index is 14.3. The number of hydrogen-bond donors (Lipinski definition) is 0. The van der Waals surface area contributed by atoms with E-state index >= 15 is 0 Å². The highest BCUT2D eigenvalue weighted by Gasteiger charge is 2.66. The molecule has 1 saturated heterocycles. The molecule has 2 rings (SSSR count). The molecular formula is C16H16F5IO4. The van der Waals surface area contributed by atoms with Crippen LogP contribution in [0, 0.1) is 21.1 Å². The van der Waals surface area contributed by atoms with Gasteiger partial charge in [0.05, 0.1) is 17.8 Å². The maximum absolute atomic E-state index is 14.3. The number of benzene rings is 1. The standard InChI is InChI=1S/C16H16F5IO4/c1-6-9(7-5-8(22)10(17)11(18)12(7)24-3)13(14(23)25-4)26-15(6,2)16(19,20)21/h5-6,9,13H,1-4H3/t6-,9-,13-,15+/m0/s1. The molecule has 0 aromatic heterocycles. The molecule has 1 heterocycles. The predicted octanol–water partition coefficient (Wildman–Crippen LogP) is 4.19. The molecule has 4 nitrogen and oxygen atoms in total. The van der Waals surface area contributed by atoms with Gasteiger partial charge in [-0.15, -0.1) is 0 Å². The third-order valence-electron chi connectivity index (χ3n) is 4.81. The normalized spacial score (nSPS) is 28.9. The van der Waals surface area contributed by atoms with Crippen molar-refractivity contribution in [2.45, 2.75) is 37.6 Å². The van der Waals surface area contributed by atoms with Gasteiger partial charge < -0.3 is 14.2 Å². The molecule has 1 aromatic carbocycles. The zero-order chi connectivity index (χ0) is 20.0. The fourth-order valence-electron chi connectivity index (χ4n) is 3.17. The zero-order valence-corrected chi connectivity index (χ0v) is 16.4. The summed E-state index contributed by atoms with van der Waals surface area (Å²) in [5.41, 5.74) is -2.77. The van der Waals surface area contributed by atoms with E-state index in [1.807, 2.05) is 0 Å². The van der Waals surface area contributed by atoms with Crippen LogP contribution < -0.4 is 4.74 Å². The fourth-order valence-corrected chi connectivity index (χ4v) is 3.74. The lowest BCUT2D eigenvalue weighted by molar-refractivity contribution is -0.274. The van der Waals surface area contributed by atoms with Crippen LogP contribution in [0.2, 0.25) is 0 Å². The largest absolute Gasteiger partial charge is 0.493 e. The van der Waals surface area contributed by atoms with Gasteiger partial charge in [0, 0.05) is 17.4 Å². The predicted molar refractivity (Wildman–Crippen MR) is 88.9 cm³/mol. The number of alkyl halides is 3. The third kappa shape index (κ3) is 3.14. The highest BCUT2D eigenvalue weighted by atomic mass is 127. The number of halogens is 6. The second-order valence-electron chi connectivity index (χ2n) is 6.09. The Morgan fingerprint density at radius 2 is 1.85 bits per heavy atom. The molecule has 0 bridgehead atoms. The van der Waals surface area contributed by atoms with E-state index in [0.717, 1.165) is 27.2 Å². The molecule has 1 aromatic rings. The van der Waals surface area contributed by atoms with Gasteiger partial charge in [-0.25, -0.2) is 9.18 Å². The van der Waals surface area contributed by atoms with Crippen molar-refractivity contribution in [3.63, 3.8) is 0 Å². The van der Waals surface area contributed by atoms with Crippen LogP contribution in [0.4, 0.5) is 22.0 Å². The molecular weight excluding hydrogens is 478 g/mol. The average Bonchev–Trinajstić information content (AvgIpc) is 2.84. The lowest BCUT2D eigenvalue weighted by Crippen LogP contribution is -2.47. The lowest BCUT2D eigenvalue weighted by Gasteiger charge is -2.32. The molecule has 0 amide bonds. The lowest BCUT2D eigenvalue weighted by atomic mass is 9.77. The Balaban J connectivity index is 2.71. The van der Waals surface area contributed by atoms with Crippen LogP contribution in [0.1, 0.15) is 25.3 Å². The monoisotopic (exact) mass is 494 g/mol.